The highest BCUT2D eigenvalue weighted by Gasteiger charge is 2.40. The van der Waals surface area contributed by atoms with Crippen LogP contribution in [0.15, 0.2) is 42.5 Å². The second-order valence-corrected chi connectivity index (χ2v) is 6.24. The minimum absolute atomic E-state index is 0.0465. The van der Waals surface area contributed by atoms with Gasteiger partial charge in [-0.3, -0.25) is 10.2 Å². The highest BCUT2D eigenvalue weighted by Crippen LogP contribution is 2.39. The van der Waals surface area contributed by atoms with E-state index < -0.39 is 41.1 Å². The number of ether oxygens (including phenoxy) is 1. The molecule has 5 nitrogen and oxygen atoms in total. The summed E-state index contributed by atoms with van der Waals surface area (Å²) in [7, 11) is 0.976. The zero-order chi connectivity index (χ0) is 22.7. The molecular formula is C19H17F6N3O2. The van der Waals surface area contributed by atoms with Gasteiger partial charge in [0, 0.05) is 24.8 Å². The minimum Gasteiger partial charge on any atom is -0.384 e. The minimum atomic E-state index is -5.13. The maximum Gasteiger partial charge on any atom is 0.416 e. The summed E-state index contributed by atoms with van der Waals surface area (Å²) in [5.41, 5.74) is 2.51. The van der Waals surface area contributed by atoms with E-state index in [4.69, 9.17) is 15.9 Å². The van der Waals surface area contributed by atoms with Gasteiger partial charge in [-0.15, -0.1) is 0 Å². The topological polar surface area (TPSA) is 88.2 Å². The Kier molecular flexibility index (Phi) is 6.76. The Morgan fingerprint density at radius 2 is 1.67 bits per heavy atom. The van der Waals surface area contributed by atoms with Crippen LogP contribution in [0.25, 0.3) is 0 Å². The summed E-state index contributed by atoms with van der Waals surface area (Å²) in [6.07, 6.45) is -11.9. The van der Waals surface area contributed by atoms with Crippen molar-refractivity contribution in [2.75, 3.05) is 7.11 Å². The van der Waals surface area contributed by atoms with Crippen LogP contribution in [0.4, 0.5) is 26.3 Å². The molecule has 0 spiro atoms. The van der Waals surface area contributed by atoms with Gasteiger partial charge in [0.1, 0.15) is 5.84 Å². The van der Waals surface area contributed by atoms with Crippen LogP contribution in [-0.4, -0.2) is 18.9 Å². The van der Waals surface area contributed by atoms with Crippen molar-refractivity contribution in [2.45, 2.75) is 25.0 Å². The van der Waals surface area contributed by atoms with Gasteiger partial charge in [-0.1, -0.05) is 30.3 Å². The standard InChI is InChI=1S/C19H17F6N3O2/c1-30-15(17(29)28-9-10-2-4-11(5-3-10)16(26)27)13-7-6-12(18(20,21)22)8-14(13)19(23,24)25/h2-8,15H,9H2,1H3,(H3,26,27)(H,28,29)/t15-/m0/s1. The summed E-state index contributed by atoms with van der Waals surface area (Å²) in [4.78, 5) is 12.4. The maximum absolute atomic E-state index is 13.3. The summed E-state index contributed by atoms with van der Waals surface area (Å²) in [6, 6.07) is 7.15. The van der Waals surface area contributed by atoms with Crippen molar-refractivity contribution >= 4 is 11.7 Å². The third-order valence-electron chi connectivity index (χ3n) is 4.17. The first-order valence-electron chi connectivity index (χ1n) is 8.36. The van der Waals surface area contributed by atoms with Crippen molar-refractivity contribution in [1.29, 1.82) is 5.41 Å². The molecule has 0 radical (unpaired) electrons. The maximum atomic E-state index is 13.3. The number of carbonyl (C=O) groups is 1. The van der Waals surface area contributed by atoms with E-state index in [2.05, 4.69) is 5.32 Å². The van der Waals surface area contributed by atoms with Crippen molar-refractivity contribution in [3.63, 3.8) is 0 Å². The zero-order valence-corrected chi connectivity index (χ0v) is 15.5. The highest BCUT2D eigenvalue weighted by atomic mass is 19.4. The lowest BCUT2D eigenvalue weighted by atomic mass is 9.98. The van der Waals surface area contributed by atoms with Gasteiger partial charge in [0.2, 0.25) is 0 Å². The number of benzene rings is 2. The number of halogens is 6. The summed E-state index contributed by atoms with van der Waals surface area (Å²) >= 11 is 0. The number of rotatable bonds is 6. The first-order chi connectivity index (χ1) is 13.8. The number of nitrogens with two attached hydrogens (primary N) is 1. The van der Waals surface area contributed by atoms with Crippen molar-refractivity contribution < 1.29 is 35.9 Å². The molecular weight excluding hydrogens is 416 g/mol. The fourth-order valence-corrected chi connectivity index (χ4v) is 2.67. The molecule has 0 saturated heterocycles. The second kappa shape index (κ2) is 8.74. The van der Waals surface area contributed by atoms with E-state index >= 15 is 0 Å². The second-order valence-electron chi connectivity index (χ2n) is 6.24. The number of amides is 1. The van der Waals surface area contributed by atoms with Gasteiger partial charge in [-0.2, -0.15) is 26.3 Å². The number of hydrogen-bond donors (Lipinski definition) is 3. The Morgan fingerprint density at radius 3 is 2.13 bits per heavy atom. The molecule has 1 amide bonds. The van der Waals surface area contributed by atoms with Crippen LogP contribution >= 0.6 is 0 Å². The SMILES string of the molecule is CO[C@H](C(=O)NCc1ccc(C(=N)N)cc1)c1ccc(C(F)(F)F)cc1C(F)(F)F. The van der Waals surface area contributed by atoms with Gasteiger partial charge in [-0.25, -0.2) is 0 Å². The summed E-state index contributed by atoms with van der Waals surface area (Å²) in [6.45, 7) is -0.0845. The fraction of sp³-hybridized carbons (Fsp3) is 0.263. The largest absolute Gasteiger partial charge is 0.416 e. The molecule has 0 aliphatic carbocycles. The molecule has 0 unspecified atom stereocenters. The van der Waals surface area contributed by atoms with Crippen LogP contribution in [0.1, 0.15) is 33.9 Å². The average molecular weight is 433 g/mol. The molecule has 30 heavy (non-hydrogen) atoms. The summed E-state index contributed by atoms with van der Waals surface area (Å²) in [5, 5.41) is 9.69. The predicted octanol–water partition coefficient (Wildman–Crippen LogP) is 4.01. The Hall–Kier alpha value is -3.08. The molecule has 0 aromatic heterocycles. The number of nitrogens with one attached hydrogen (secondary N) is 2. The van der Waals surface area contributed by atoms with Crippen LogP contribution in [0.3, 0.4) is 0 Å². The first-order valence-corrected chi connectivity index (χ1v) is 8.36. The monoisotopic (exact) mass is 433 g/mol. The average Bonchev–Trinajstić information content (AvgIpc) is 2.65. The third kappa shape index (κ3) is 5.50. The van der Waals surface area contributed by atoms with Gasteiger partial charge >= 0.3 is 12.4 Å². The lowest BCUT2D eigenvalue weighted by Crippen LogP contribution is -2.31. The Labute approximate surface area is 167 Å². The third-order valence-corrected chi connectivity index (χ3v) is 4.17. The smallest absolute Gasteiger partial charge is 0.384 e. The molecule has 0 aliphatic rings. The highest BCUT2D eigenvalue weighted by molar-refractivity contribution is 5.94. The van der Waals surface area contributed by atoms with Crippen LogP contribution in [-0.2, 0) is 28.4 Å². The molecule has 0 aliphatic heterocycles. The molecule has 2 aromatic rings. The fourth-order valence-electron chi connectivity index (χ4n) is 2.67. The molecule has 1 atom stereocenters. The van der Waals surface area contributed by atoms with Gasteiger partial charge in [-0.05, 0) is 17.7 Å². The predicted molar refractivity (Wildman–Crippen MR) is 95.5 cm³/mol. The van der Waals surface area contributed by atoms with Crippen LogP contribution in [0, 0.1) is 5.41 Å². The van der Waals surface area contributed by atoms with Gasteiger partial charge in [0.15, 0.2) is 6.10 Å². The number of amidine groups is 1. The number of carbonyl (C=O) groups excluding carboxylic acids is 1. The van der Waals surface area contributed by atoms with Gasteiger partial charge < -0.3 is 15.8 Å². The lowest BCUT2D eigenvalue weighted by Gasteiger charge is -2.21. The molecule has 162 valence electrons. The molecule has 0 fully saturated rings. The zero-order valence-electron chi connectivity index (χ0n) is 15.5. The number of hydrogen-bond acceptors (Lipinski definition) is 3. The van der Waals surface area contributed by atoms with Crippen molar-refractivity contribution in [3.05, 3.63) is 70.3 Å². The molecule has 2 rings (SSSR count). The van der Waals surface area contributed by atoms with Crippen LogP contribution in [0.5, 0.6) is 0 Å². The molecule has 0 bridgehead atoms. The van der Waals surface area contributed by atoms with E-state index in [0.717, 1.165) is 7.11 Å². The van der Waals surface area contributed by atoms with E-state index in [1.165, 1.54) is 12.1 Å². The number of methoxy groups -OCH3 is 1. The van der Waals surface area contributed by atoms with Gasteiger partial charge in [0.05, 0.1) is 11.1 Å². The Morgan fingerprint density at radius 1 is 1.07 bits per heavy atom. The molecule has 11 heteroatoms. The van der Waals surface area contributed by atoms with E-state index in [1.54, 1.807) is 12.1 Å². The van der Waals surface area contributed by atoms with E-state index in [1.807, 2.05) is 0 Å². The normalized spacial score (nSPS) is 13.0. The quantitative estimate of drug-likeness (QED) is 0.365. The molecule has 0 saturated carbocycles. The Balaban J connectivity index is 2.27. The Bertz CT molecular complexity index is 923. The first kappa shape index (κ1) is 23.2. The van der Waals surface area contributed by atoms with Crippen molar-refractivity contribution in [1.82, 2.24) is 5.32 Å². The van der Waals surface area contributed by atoms with Gasteiger partial charge in [0.25, 0.3) is 5.91 Å². The van der Waals surface area contributed by atoms with E-state index in [0.29, 0.717) is 23.3 Å². The van der Waals surface area contributed by atoms with E-state index in [-0.39, 0.29) is 18.4 Å². The summed E-state index contributed by atoms with van der Waals surface area (Å²) < 4.78 is 83.4. The molecule has 2 aromatic carbocycles. The van der Waals surface area contributed by atoms with Crippen molar-refractivity contribution in [2.24, 2.45) is 5.73 Å². The van der Waals surface area contributed by atoms with E-state index in [9.17, 15) is 31.1 Å². The lowest BCUT2D eigenvalue weighted by molar-refractivity contribution is -0.145. The van der Waals surface area contributed by atoms with Crippen LogP contribution in [0.2, 0.25) is 0 Å². The number of alkyl halides is 6. The van der Waals surface area contributed by atoms with Crippen LogP contribution < -0.4 is 11.1 Å². The summed E-state index contributed by atoms with van der Waals surface area (Å²) in [5.74, 6) is -1.12. The molecule has 0 heterocycles. The molecule has 4 N–H and O–H groups in total. The van der Waals surface area contributed by atoms with Crippen molar-refractivity contribution in [3.8, 4) is 0 Å². The number of nitrogen functional groups attached to an aromatic ring is 1.